The fourth-order valence-corrected chi connectivity index (χ4v) is 7.55. The van der Waals surface area contributed by atoms with Crippen LogP contribution in [0.2, 0.25) is 0 Å². The highest BCUT2D eigenvalue weighted by atomic mass is 35.5. The third-order valence-electron chi connectivity index (χ3n) is 10.2. The summed E-state index contributed by atoms with van der Waals surface area (Å²) in [5.41, 5.74) is 1.95. The summed E-state index contributed by atoms with van der Waals surface area (Å²) in [6, 6.07) is 21.9. The molecule has 0 saturated carbocycles. The lowest BCUT2D eigenvalue weighted by atomic mass is 9.96. The van der Waals surface area contributed by atoms with Crippen molar-refractivity contribution in [3.8, 4) is 0 Å². The lowest BCUT2D eigenvalue weighted by Gasteiger charge is -2.36. The first-order valence-electron chi connectivity index (χ1n) is 16.9. The van der Waals surface area contributed by atoms with Gasteiger partial charge >= 0.3 is 11.9 Å². The molecule has 4 aliphatic heterocycles. The Bertz CT molecular complexity index is 1140. The van der Waals surface area contributed by atoms with Gasteiger partial charge in [-0.25, -0.2) is 0 Å². The number of alkyl halides is 2. The summed E-state index contributed by atoms with van der Waals surface area (Å²) in [6.45, 7) is 3.93. The lowest BCUT2D eigenvalue weighted by molar-refractivity contribution is -0.154. The van der Waals surface area contributed by atoms with Crippen LogP contribution in [0, 0.1) is 0 Å². The van der Waals surface area contributed by atoms with Crippen LogP contribution >= 0.6 is 23.2 Å². The molecule has 9 heteroatoms. The molecule has 0 aliphatic carbocycles. The summed E-state index contributed by atoms with van der Waals surface area (Å²) in [5, 5.41) is 18.4. The van der Waals surface area contributed by atoms with Crippen molar-refractivity contribution in [1.29, 1.82) is 0 Å². The standard InChI is InChI=1S/C18H25NO2.C10H12O2.C8H15NO.CH2Cl2/c1-3-17(13-7-5-4-6-8-13)18(20)21-16-11-14-9-10-15(12-16)19(14)2;1-2-9(10(11)12)8-6-4-3-5-7-8;1-9-6-2-3-7(9)5-8(10)4-6;2-1-3/h4-8,14-17H,3,9-12H2,1-2H3;3-7,9H,2H2,1H3,(H,11,12);6-8,10H,2-5H2,1H3;1H2. The van der Waals surface area contributed by atoms with Gasteiger partial charge in [0.15, 0.2) is 0 Å². The zero-order chi connectivity index (χ0) is 33.6. The van der Waals surface area contributed by atoms with E-state index in [1.165, 1.54) is 25.7 Å². The Morgan fingerprint density at radius 1 is 0.739 bits per heavy atom. The molecule has 7 nitrogen and oxygen atoms in total. The average molecular weight is 678 g/mol. The van der Waals surface area contributed by atoms with E-state index in [-0.39, 0.29) is 35.4 Å². The van der Waals surface area contributed by atoms with E-state index in [1.807, 2.05) is 67.6 Å². The second kappa shape index (κ2) is 19.6. The zero-order valence-corrected chi connectivity index (χ0v) is 29.5. The SMILES string of the molecule is CCC(C(=O)O)c1ccccc1.CCC(C(=O)OC1CC2CCC(C1)N2C)c1ccccc1.CN1C2CCC1CC(O)C2.ClCCl. The second-order valence-electron chi connectivity index (χ2n) is 12.9. The van der Waals surface area contributed by atoms with Crippen LogP contribution in [0.5, 0.6) is 0 Å². The Balaban J connectivity index is 0.000000195. The molecule has 46 heavy (non-hydrogen) atoms. The fourth-order valence-electron chi connectivity index (χ4n) is 7.55. The summed E-state index contributed by atoms with van der Waals surface area (Å²) in [4.78, 5) is 28.2. The number of carbonyl (C=O) groups excluding carboxylic acids is 1. The summed E-state index contributed by atoms with van der Waals surface area (Å²) < 4.78 is 5.86. The van der Waals surface area contributed by atoms with E-state index in [0.717, 1.165) is 43.2 Å². The summed E-state index contributed by atoms with van der Waals surface area (Å²) >= 11 is 9.53. The third kappa shape index (κ3) is 10.9. The van der Waals surface area contributed by atoms with Gasteiger partial charge < -0.3 is 24.7 Å². The van der Waals surface area contributed by atoms with Crippen LogP contribution in [-0.4, -0.2) is 87.8 Å². The normalized spacial score (nSPS) is 27.8. The number of aliphatic hydroxyl groups is 1. The van der Waals surface area contributed by atoms with Gasteiger partial charge in [0.2, 0.25) is 0 Å². The number of ether oxygens (including phenoxy) is 1. The monoisotopic (exact) mass is 676 g/mol. The van der Waals surface area contributed by atoms with Crippen molar-refractivity contribution in [1.82, 2.24) is 9.80 Å². The number of piperidine rings is 2. The van der Waals surface area contributed by atoms with Crippen LogP contribution < -0.4 is 0 Å². The van der Waals surface area contributed by atoms with E-state index < -0.39 is 5.97 Å². The molecule has 0 amide bonds. The first kappa shape index (κ1) is 38.3. The number of aliphatic carboxylic acids is 1. The molecular formula is C37H54Cl2N2O5. The molecule has 0 aromatic heterocycles. The number of halogens is 2. The molecule has 4 heterocycles. The molecule has 6 unspecified atom stereocenters. The Hall–Kier alpha value is -2.16. The van der Waals surface area contributed by atoms with Crippen molar-refractivity contribution >= 4 is 35.1 Å². The lowest BCUT2D eigenvalue weighted by Crippen LogP contribution is -2.43. The van der Waals surface area contributed by atoms with Crippen LogP contribution in [-0.2, 0) is 14.3 Å². The molecule has 4 saturated heterocycles. The smallest absolute Gasteiger partial charge is 0.313 e. The highest BCUT2D eigenvalue weighted by Crippen LogP contribution is 2.36. The minimum absolute atomic E-state index is 0.00583. The highest BCUT2D eigenvalue weighted by molar-refractivity contribution is 6.40. The molecule has 6 atom stereocenters. The molecule has 0 spiro atoms. The van der Waals surface area contributed by atoms with Gasteiger partial charge in [0.05, 0.1) is 23.3 Å². The minimum atomic E-state index is -0.747. The number of esters is 1. The first-order valence-corrected chi connectivity index (χ1v) is 18.0. The molecule has 256 valence electrons. The number of carboxylic acid groups (broad SMARTS) is 1. The number of nitrogens with zero attached hydrogens (tertiary/aromatic N) is 2. The predicted molar refractivity (Wildman–Crippen MR) is 187 cm³/mol. The van der Waals surface area contributed by atoms with Crippen molar-refractivity contribution in [2.24, 2.45) is 0 Å². The molecule has 6 rings (SSSR count). The van der Waals surface area contributed by atoms with Crippen LogP contribution in [0.1, 0.15) is 101 Å². The third-order valence-corrected chi connectivity index (χ3v) is 10.2. The second-order valence-corrected chi connectivity index (χ2v) is 13.7. The number of carboxylic acids is 1. The van der Waals surface area contributed by atoms with Crippen LogP contribution in [0.3, 0.4) is 0 Å². The summed E-state index contributed by atoms with van der Waals surface area (Å²) in [7, 11) is 4.40. The molecule has 4 bridgehead atoms. The van der Waals surface area contributed by atoms with E-state index in [0.29, 0.717) is 30.6 Å². The maximum Gasteiger partial charge on any atom is 0.313 e. The Morgan fingerprint density at radius 3 is 1.48 bits per heavy atom. The maximum atomic E-state index is 12.5. The summed E-state index contributed by atoms with van der Waals surface area (Å²) in [6.07, 6.45) is 10.7. The van der Waals surface area contributed by atoms with Gasteiger partial charge in [-0.15, -0.1) is 23.2 Å². The largest absolute Gasteiger partial charge is 0.481 e. The van der Waals surface area contributed by atoms with Gasteiger partial charge in [0.1, 0.15) is 6.10 Å². The number of benzene rings is 2. The Kier molecular flexibility index (Phi) is 16.3. The predicted octanol–water partition coefficient (Wildman–Crippen LogP) is 7.64. The number of rotatable bonds is 7. The molecule has 2 N–H and O–H groups in total. The van der Waals surface area contributed by atoms with E-state index in [2.05, 4.69) is 30.8 Å². The van der Waals surface area contributed by atoms with Gasteiger partial charge in [-0.05, 0) is 89.4 Å². The van der Waals surface area contributed by atoms with E-state index >= 15 is 0 Å². The molecule has 4 fully saturated rings. The highest BCUT2D eigenvalue weighted by Gasteiger charge is 2.40. The Labute approximate surface area is 286 Å². The molecule has 0 radical (unpaired) electrons. The average Bonchev–Trinajstić information content (AvgIpc) is 3.36. The van der Waals surface area contributed by atoms with Crippen LogP contribution in [0.25, 0.3) is 0 Å². The molecule has 2 aromatic rings. The number of hydrogen-bond acceptors (Lipinski definition) is 6. The maximum absolute atomic E-state index is 12.5. The van der Waals surface area contributed by atoms with E-state index in [1.54, 1.807) is 0 Å². The van der Waals surface area contributed by atoms with Crippen LogP contribution in [0.15, 0.2) is 60.7 Å². The minimum Gasteiger partial charge on any atom is -0.481 e. The van der Waals surface area contributed by atoms with Crippen molar-refractivity contribution in [3.63, 3.8) is 0 Å². The molecule has 4 aliphatic rings. The van der Waals surface area contributed by atoms with Crippen molar-refractivity contribution in [3.05, 3.63) is 71.8 Å². The fraction of sp³-hybridized carbons (Fsp3) is 0.622. The van der Waals surface area contributed by atoms with Crippen molar-refractivity contribution in [2.45, 2.75) is 126 Å². The van der Waals surface area contributed by atoms with Gasteiger partial charge in [0.25, 0.3) is 0 Å². The molecule has 2 aromatic carbocycles. The van der Waals surface area contributed by atoms with Crippen molar-refractivity contribution < 1.29 is 24.5 Å². The zero-order valence-electron chi connectivity index (χ0n) is 27.9. The van der Waals surface area contributed by atoms with Gasteiger partial charge in [-0.2, -0.15) is 0 Å². The number of hydrogen-bond donors (Lipinski definition) is 2. The number of carbonyl (C=O) groups is 2. The van der Waals surface area contributed by atoms with Crippen molar-refractivity contribution in [2.75, 3.05) is 19.4 Å². The first-order chi connectivity index (χ1) is 22.1. The van der Waals surface area contributed by atoms with Crippen LogP contribution in [0.4, 0.5) is 0 Å². The van der Waals surface area contributed by atoms with Gasteiger partial charge in [-0.3, -0.25) is 9.59 Å². The summed E-state index contributed by atoms with van der Waals surface area (Å²) in [5.74, 6) is -1.27. The Morgan fingerprint density at radius 2 is 1.11 bits per heavy atom. The number of aliphatic hydroxyl groups excluding tert-OH is 1. The quantitative estimate of drug-likeness (QED) is 0.230. The van der Waals surface area contributed by atoms with E-state index in [4.69, 9.17) is 33.0 Å². The van der Waals surface area contributed by atoms with Gasteiger partial charge in [0, 0.05) is 24.2 Å². The van der Waals surface area contributed by atoms with Gasteiger partial charge in [-0.1, -0.05) is 74.5 Å². The van der Waals surface area contributed by atoms with E-state index in [9.17, 15) is 14.7 Å². The topological polar surface area (TPSA) is 90.3 Å². The number of fused-ring (bicyclic) bond motifs is 4. The molecular weight excluding hydrogens is 623 g/mol.